The second-order valence-electron chi connectivity index (χ2n) is 16.1. The lowest BCUT2D eigenvalue weighted by molar-refractivity contribution is -0.141. The van der Waals surface area contributed by atoms with E-state index >= 15 is 0 Å². The number of alkyl halides is 3. The first kappa shape index (κ1) is 37.5. The summed E-state index contributed by atoms with van der Waals surface area (Å²) in [5, 5.41) is 9.23. The van der Waals surface area contributed by atoms with Crippen LogP contribution in [0.3, 0.4) is 0 Å². The molecule has 17 heteroatoms. The molecule has 2 spiro atoms. The number of hydrogen-bond donors (Lipinski definition) is 3. The van der Waals surface area contributed by atoms with E-state index in [1.807, 2.05) is 35.2 Å². The van der Waals surface area contributed by atoms with Crippen LogP contribution >= 0.6 is 11.6 Å². The molecule has 9 rings (SSSR count). The SMILES string of the molecule is COc1nc(-c2ccnc(-c3cccc4c3CC[C@H]4Nc3nc(OC)c(CN4CC5(CNC(=O)C5)C4)nc3C(F)(F)F)c2Cl)ccc1CN1CC2(CNC(=O)C2)C1. The number of amides is 2. The van der Waals surface area contributed by atoms with E-state index in [1.165, 1.54) is 7.11 Å². The van der Waals surface area contributed by atoms with Crippen LogP contribution in [0, 0.1) is 10.8 Å². The van der Waals surface area contributed by atoms with Crippen molar-refractivity contribution in [2.75, 3.05) is 58.8 Å². The summed E-state index contributed by atoms with van der Waals surface area (Å²) in [4.78, 5) is 45.7. The Morgan fingerprint density at radius 1 is 0.877 bits per heavy atom. The Morgan fingerprint density at radius 2 is 1.56 bits per heavy atom. The van der Waals surface area contributed by atoms with Crippen LogP contribution in [-0.4, -0.2) is 95.0 Å². The largest absolute Gasteiger partial charge is 0.481 e. The van der Waals surface area contributed by atoms with Gasteiger partial charge in [0.2, 0.25) is 23.6 Å². The van der Waals surface area contributed by atoms with E-state index in [0.29, 0.717) is 86.3 Å². The molecule has 1 atom stereocenters. The highest BCUT2D eigenvalue weighted by molar-refractivity contribution is 6.35. The van der Waals surface area contributed by atoms with Gasteiger partial charge in [-0.3, -0.25) is 24.4 Å². The van der Waals surface area contributed by atoms with E-state index in [1.54, 1.807) is 19.4 Å². The number of halogens is 4. The highest BCUT2D eigenvalue weighted by Crippen LogP contribution is 2.45. The summed E-state index contributed by atoms with van der Waals surface area (Å²) in [7, 11) is 2.95. The van der Waals surface area contributed by atoms with Gasteiger partial charge >= 0.3 is 6.18 Å². The Bertz CT molecular complexity index is 2280. The first-order chi connectivity index (χ1) is 27.3. The lowest BCUT2D eigenvalue weighted by atomic mass is 9.79. The van der Waals surface area contributed by atoms with Crippen molar-refractivity contribution in [2.45, 2.75) is 51.0 Å². The van der Waals surface area contributed by atoms with Crippen LogP contribution in [-0.2, 0) is 35.3 Å². The van der Waals surface area contributed by atoms with Gasteiger partial charge in [-0.15, -0.1) is 0 Å². The molecule has 4 fully saturated rings. The highest BCUT2D eigenvalue weighted by Gasteiger charge is 2.49. The van der Waals surface area contributed by atoms with Gasteiger partial charge in [0.1, 0.15) is 5.69 Å². The number of ether oxygens (including phenoxy) is 2. The topological polar surface area (TPSA) is 147 Å². The summed E-state index contributed by atoms with van der Waals surface area (Å²) in [6.07, 6.45) is -1.08. The summed E-state index contributed by atoms with van der Waals surface area (Å²) < 4.78 is 54.9. The molecule has 1 aromatic carbocycles. The van der Waals surface area contributed by atoms with Crippen molar-refractivity contribution in [3.8, 4) is 34.3 Å². The maximum atomic E-state index is 14.6. The number of pyridine rings is 2. The van der Waals surface area contributed by atoms with Crippen LogP contribution in [0.5, 0.6) is 11.8 Å². The lowest BCUT2D eigenvalue weighted by Crippen LogP contribution is -2.56. The number of hydrogen-bond acceptors (Lipinski definition) is 11. The van der Waals surface area contributed by atoms with E-state index in [4.69, 9.17) is 26.1 Å². The maximum Gasteiger partial charge on any atom is 0.437 e. The molecule has 13 nitrogen and oxygen atoms in total. The Labute approximate surface area is 331 Å². The van der Waals surface area contributed by atoms with E-state index < -0.39 is 23.7 Å². The average Bonchev–Trinajstić information content (AvgIpc) is 3.88. The number of carbonyl (C=O) groups excluding carboxylic acids is 2. The fourth-order valence-electron chi connectivity index (χ4n) is 9.39. The van der Waals surface area contributed by atoms with Crippen LogP contribution in [0.2, 0.25) is 5.02 Å². The molecule has 4 aromatic rings. The van der Waals surface area contributed by atoms with Gasteiger partial charge in [0, 0.05) is 98.9 Å². The molecule has 0 saturated carbocycles. The zero-order valence-corrected chi connectivity index (χ0v) is 32.2. The Kier molecular flexibility index (Phi) is 9.28. The smallest absolute Gasteiger partial charge is 0.437 e. The molecule has 4 aliphatic heterocycles. The monoisotopic (exact) mass is 803 g/mol. The van der Waals surface area contributed by atoms with Crippen molar-refractivity contribution in [3.05, 3.63) is 75.7 Å². The summed E-state index contributed by atoms with van der Waals surface area (Å²) in [6.45, 7) is 4.83. The van der Waals surface area contributed by atoms with Crippen LogP contribution < -0.4 is 25.4 Å². The van der Waals surface area contributed by atoms with Gasteiger partial charge < -0.3 is 25.4 Å². The van der Waals surface area contributed by atoms with Crippen LogP contribution in [0.1, 0.15) is 53.4 Å². The van der Waals surface area contributed by atoms with Crippen LogP contribution in [0.25, 0.3) is 22.5 Å². The number of fused-ring (bicyclic) bond motifs is 1. The summed E-state index contributed by atoms with van der Waals surface area (Å²) in [5.74, 6) is 0.189. The molecule has 7 heterocycles. The van der Waals surface area contributed by atoms with Crippen molar-refractivity contribution in [2.24, 2.45) is 10.8 Å². The molecule has 0 radical (unpaired) electrons. The molecule has 57 heavy (non-hydrogen) atoms. The fraction of sp³-hybridized carbons (Fsp3) is 0.450. The van der Waals surface area contributed by atoms with Crippen molar-refractivity contribution >= 4 is 29.2 Å². The molecule has 0 unspecified atom stereocenters. The lowest BCUT2D eigenvalue weighted by Gasteiger charge is -2.47. The van der Waals surface area contributed by atoms with E-state index in [2.05, 4.69) is 35.8 Å². The molecule has 3 N–H and O–H groups in total. The van der Waals surface area contributed by atoms with E-state index in [0.717, 1.165) is 35.3 Å². The number of nitrogens with zero attached hydrogens (tertiary/aromatic N) is 6. The van der Waals surface area contributed by atoms with Crippen molar-refractivity contribution < 1.29 is 32.2 Å². The standard InChI is InChI=1S/C40H41ClF3N9O4/c1-56-36-22(14-52-18-38(19-52)12-30(54)46-16-38)6-8-28(50-36)26-10-11-45-33(32(26)41)25-5-3-4-24-23(25)7-9-27(24)49-35-34(40(42,43)44)48-29(37(51-35)57-2)15-53-20-39(21-53)13-31(55)47-17-39/h3-6,8,10-11,27H,7,9,12-21H2,1-2H3,(H,46,54)(H,47,55)(H,49,51)/t27-/m1/s1. The van der Waals surface area contributed by atoms with Gasteiger partial charge in [-0.1, -0.05) is 35.9 Å². The van der Waals surface area contributed by atoms with Crippen LogP contribution in [0.15, 0.2) is 42.6 Å². The second kappa shape index (κ2) is 14.1. The number of anilines is 1. The predicted molar refractivity (Wildman–Crippen MR) is 203 cm³/mol. The van der Waals surface area contributed by atoms with E-state index in [9.17, 15) is 22.8 Å². The molecule has 0 bridgehead atoms. The Hall–Kier alpha value is -5.06. The van der Waals surface area contributed by atoms with Crippen LogP contribution in [0.4, 0.5) is 19.0 Å². The molecule has 298 valence electrons. The van der Waals surface area contributed by atoms with Gasteiger partial charge in [-0.05, 0) is 36.1 Å². The average molecular weight is 804 g/mol. The summed E-state index contributed by atoms with van der Waals surface area (Å²) in [5.41, 5.74) is 4.05. The number of carbonyl (C=O) groups is 2. The predicted octanol–water partition coefficient (Wildman–Crippen LogP) is 5.03. The van der Waals surface area contributed by atoms with Crippen molar-refractivity contribution in [3.63, 3.8) is 0 Å². The summed E-state index contributed by atoms with van der Waals surface area (Å²) >= 11 is 7.11. The molecular weight excluding hydrogens is 763 g/mol. The van der Waals surface area contributed by atoms with E-state index in [-0.39, 0.29) is 40.8 Å². The Balaban J connectivity index is 0.945. The highest BCUT2D eigenvalue weighted by atomic mass is 35.5. The fourth-order valence-corrected chi connectivity index (χ4v) is 9.70. The number of benzene rings is 1. The quantitative estimate of drug-likeness (QED) is 0.199. The molecule has 1 aliphatic carbocycles. The molecule has 2 amide bonds. The maximum absolute atomic E-state index is 14.6. The van der Waals surface area contributed by atoms with Crippen molar-refractivity contribution in [1.29, 1.82) is 0 Å². The molecule has 4 saturated heterocycles. The first-order valence-corrected chi connectivity index (χ1v) is 19.3. The summed E-state index contributed by atoms with van der Waals surface area (Å²) in [6, 6.07) is 10.8. The van der Waals surface area contributed by atoms with Gasteiger partial charge in [-0.2, -0.15) is 18.2 Å². The Morgan fingerprint density at radius 3 is 2.19 bits per heavy atom. The minimum Gasteiger partial charge on any atom is -0.481 e. The molecular formula is C40H41ClF3N9O4. The van der Waals surface area contributed by atoms with Gasteiger partial charge in [0.25, 0.3) is 0 Å². The minimum absolute atomic E-state index is 0.00924. The number of nitrogens with one attached hydrogen (secondary N) is 3. The van der Waals surface area contributed by atoms with Gasteiger partial charge in [0.05, 0.1) is 36.7 Å². The van der Waals surface area contributed by atoms with Gasteiger partial charge in [-0.25, -0.2) is 9.97 Å². The number of rotatable bonds is 10. The number of methoxy groups -OCH3 is 2. The third-order valence-corrected chi connectivity index (χ3v) is 12.3. The zero-order valence-electron chi connectivity index (χ0n) is 31.4. The minimum atomic E-state index is -4.78. The third-order valence-electron chi connectivity index (χ3n) is 11.9. The molecule has 5 aliphatic rings. The number of aromatic nitrogens is 4. The normalized spacial score (nSPS) is 20.9. The van der Waals surface area contributed by atoms with Gasteiger partial charge in [0.15, 0.2) is 11.5 Å². The zero-order chi connectivity index (χ0) is 39.7. The third kappa shape index (κ3) is 6.90. The van der Waals surface area contributed by atoms with Crippen molar-refractivity contribution in [1.82, 2.24) is 40.4 Å². The second-order valence-corrected chi connectivity index (χ2v) is 16.4. The molecule has 3 aromatic heterocycles. The first-order valence-electron chi connectivity index (χ1n) is 18.9. The number of likely N-dealkylation sites (tertiary alicyclic amines) is 2.